The van der Waals surface area contributed by atoms with Crippen molar-refractivity contribution in [3.63, 3.8) is 0 Å². The summed E-state index contributed by atoms with van der Waals surface area (Å²) in [4.78, 5) is 26.0. The number of allylic oxidation sites excluding steroid dienone is 2. The molecule has 0 aromatic carbocycles. The Labute approximate surface area is 369 Å². The minimum absolute atomic E-state index is 0. The molecule has 0 unspecified atom stereocenters. The van der Waals surface area contributed by atoms with Gasteiger partial charge in [-0.05, 0) is 37.8 Å². The Balaban J connectivity index is -0.000000966. The number of nitrogens with zero attached hydrogens (tertiary/aromatic N) is 2. The predicted octanol–water partition coefficient (Wildman–Crippen LogP) is 9.67. The molecule has 0 aromatic heterocycles. The molecule has 0 saturated carbocycles. The van der Waals surface area contributed by atoms with Crippen molar-refractivity contribution >= 4 is 69.8 Å². The summed E-state index contributed by atoms with van der Waals surface area (Å²) in [5.41, 5.74) is 0. The van der Waals surface area contributed by atoms with Gasteiger partial charge in [0.05, 0.1) is 31.7 Å². The van der Waals surface area contributed by atoms with Gasteiger partial charge in [-0.25, -0.2) is 16.8 Å². The molecule has 0 aromatic rings. The Morgan fingerprint density at radius 1 is 0.436 bits per heavy atom. The maximum atomic E-state index is 11.7. The number of hydrogen-bond acceptors (Lipinski definition) is 8. The predicted molar refractivity (Wildman–Crippen MR) is 229 cm³/mol. The van der Waals surface area contributed by atoms with Crippen molar-refractivity contribution in [2.75, 3.05) is 38.7 Å². The van der Waals surface area contributed by atoms with E-state index < -0.39 is 31.7 Å². The molecule has 0 heterocycles. The minimum Gasteiger partial charge on any atom is -0.748 e. The number of unbranched alkanes of at least 4 members (excludes halogenated alkanes) is 26. The molecular formula is C42H80CaN2O8S2. The van der Waals surface area contributed by atoms with Crippen molar-refractivity contribution in [3.05, 3.63) is 24.3 Å². The van der Waals surface area contributed by atoms with Gasteiger partial charge in [0.15, 0.2) is 0 Å². The van der Waals surface area contributed by atoms with Gasteiger partial charge in [0.1, 0.15) is 0 Å². The monoisotopic (exact) mass is 844 g/mol. The van der Waals surface area contributed by atoms with Crippen LogP contribution in [0.15, 0.2) is 24.3 Å². The first-order chi connectivity index (χ1) is 25.7. The standard InChI is InChI=1S/2C21H41NO4S.Ca/c2*1-3-4-5-6-7-8-9-10-11-12-13-14-15-16-17-18-21(23)22(2)19-20-27(24,25)26;/h2*17-18H,3-16,19-20H2,1-2H3,(H,24,25,26);/q;;+2/p-2/b2*18-17+;. The second-order valence-corrected chi connectivity index (χ2v) is 18.0. The summed E-state index contributed by atoms with van der Waals surface area (Å²) in [5, 5.41) is 0. The van der Waals surface area contributed by atoms with E-state index >= 15 is 0 Å². The van der Waals surface area contributed by atoms with E-state index in [4.69, 9.17) is 0 Å². The summed E-state index contributed by atoms with van der Waals surface area (Å²) in [6, 6.07) is 0. The van der Waals surface area contributed by atoms with Gasteiger partial charge in [-0.2, -0.15) is 0 Å². The van der Waals surface area contributed by atoms with Crippen LogP contribution >= 0.6 is 0 Å². The fourth-order valence-corrected chi connectivity index (χ4v) is 6.90. The average molecular weight is 845 g/mol. The number of amides is 2. The Hall–Kier alpha value is -0.500. The minimum atomic E-state index is -4.27. The maximum absolute atomic E-state index is 11.7. The van der Waals surface area contributed by atoms with E-state index in [1.807, 2.05) is 12.2 Å². The van der Waals surface area contributed by atoms with E-state index in [0.717, 1.165) is 25.7 Å². The van der Waals surface area contributed by atoms with E-state index in [1.165, 1.54) is 190 Å². The van der Waals surface area contributed by atoms with Gasteiger partial charge in [-0.3, -0.25) is 9.59 Å². The fraction of sp³-hybridized carbons (Fsp3) is 0.857. The van der Waals surface area contributed by atoms with E-state index in [0.29, 0.717) is 0 Å². The van der Waals surface area contributed by atoms with Crippen LogP contribution < -0.4 is 0 Å². The zero-order valence-electron chi connectivity index (χ0n) is 35.6. The molecule has 320 valence electrons. The summed E-state index contributed by atoms with van der Waals surface area (Å²) >= 11 is 0. The first-order valence-corrected chi connectivity index (χ1v) is 24.6. The Bertz CT molecular complexity index is 1070. The molecule has 0 N–H and O–H groups in total. The second-order valence-electron chi connectivity index (χ2n) is 14.9. The summed E-state index contributed by atoms with van der Waals surface area (Å²) in [5.74, 6) is -1.59. The molecule has 55 heavy (non-hydrogen) atoms. The first-order valence-electron chi connectivity index (χ1n) is 21.4. The van der Waals surface area contributed by atoms with Gasteiger partial charge < -0.3 is 18.9 Å². The topological polar surface area (TPSA) is 155 Å². The molecule has 0 saturated heterocycles. The van der Waals surface area contributed by atoms with Crippen LogP contribution in [0.2, 0.25) is 0 Å². The Morgan fingerprint density at radius 2 is 0.655 bits per heavy atom. The number of carbonyl (C=O) groups excluding carboxylic acids is 2. The molecule has 0 aliphatic carbocycles. The number of hydrogen-bond donors (Lipinski definition) is 0. The maximum Gasteiger partial charge on any atom is 2.00 e. The van der Waals surface area contributed by atoms with E-state index in [9.17, 15) is 35.5 Å². The van der Waals surface area contributed by atoms with Gasteiger partial charge in [-0.1, -0.05) is 180 Å². The van der Waals surface area contributed by atoms with Gasteiger partial charge >= 0.3 is 37.7 Å². The quantitative estimate of drug-likeness (QED) is 0.0261. The van der Waals surface area contributed by atoms with Crippen LogP contribution in [0.4, 0.5) is 0 Å². The van der Waals surface area contributed by atoms with Crippen LogP contribution in [-0.4, -0.2) is 124 Å². The van der Waals surface area contributed by atoms with Crippen LogP contribution in [0.3, 0.4) is 0 Å². The second kappa shape index (κ2) is 41.7. The van der Waals surface area contributed by atoms with Crippen LogP contribution in [-0.2, 0) is 29.8 Å². The van der Waals surface area contributed by atoms with Crippen molar-refractivity contribution in [1.29, 1.82) is 0 Å². The summed E-state index contributed by atoms with van der Waals surface area (Å²) < 4.78 is 63.3. The van der Waals surface area contributed by atoms with Crippen LogP contribution in [0.25, 0.3) is 0 Å². The van der Waals surface area contributed by atoms with Gasteiger partial charge in [0, 0.05) is 27.2 Å². The number of likely N-dealkylation sites (N-methyl/N-ethyl adjacent to an activating group) is 2. The number of carbonyl (C=O) groups is 2. The zero-order valence-corrected chi connectivity index (χ0v) is 39.5. The molecule has 0 radical (unpaired) electrons. The zero-order chi connectivity index (χ0) is 40.8. The van der Waals surface area contributed by atoms with E-state index in [2.05, 4.69) is 13.8 Å². The fourth-order valence-electron chi connectivity index (χ4n) is 5.90. The molecule has 0 aliphatic heterocycles. The smallest absolute Gasteiger partial charge is 0.748 e. The molecule has 0 aliphatic rings. The van der Waals surface area contributed by atoms with Gasteiger partial charge in [0.25, 0.3) is 0 Å². The molecule has 0 fully saturated rings. The van der Waals surface area contributed by atoms with Crippen LogP contribution in [0.1, 0.15) is 194 Å². The van der Waals surface area contributed by atoms with Crippen molar-refractivity contribution in [2.45, 2.75) is 194 Å². The van der Waals surface area contributed by atoms with Crippen molar-refractivity contribution in [3.8, 4) is 0 Å². The SMILES string of the molecule is CCCCCCCCCCCCCCC/C=C/C(=O)N(C)CCS(=O)(=O)[O-].CCCCCCCCCCCCCCC/C=C/C(=O)N(C)CCS(=O)(=O)[O-].[Ca+2]. The molecule has 0 rings (SSSR count). The molecule has 2 amide bonds. The molecule has 0 atom stereocenters. The van der Waals surface area contributed by atoms with E-state index in [1.54, 1.807) is 0 Å². The summed E-state index contributed by atoms with van der Waals surface area (Å²) in [7, 11) is -5.54. The summed E-state index contributed by atoms with van der Waals surface area (Å²) in [6.07, 6.45) is 42.6. The first kappa shape index (κ1) is 58.8. The number of rotatable bonds is 36. The van der Waals surface area contributed by atoms with Crippen LogP contribution in [0.5, 0.6) is 0 Å². The molecular weight excluding hydrogens is 765 g/mol. The van der Waals surface area contributed by atoms with Gasteiger partial charge in [0.2, 0.25) is 11.8 Å². The average Bonchev–Trinajstić information content (AvgIpc) is 3.12. The Kier molecular flexibility index (Phi) is 44.5. The molecule has 10 nitrogen and oxygen atoms in total. The van der Waals surface area contributed by atoms with Gasteiger partial charge in [-0.15, -0.1) is 0 Å². The molecule has 0 spiro atoms. The Morgan fingerprint density at radius 3 is 0.873 bits per heavy atom. The van der Waals surface area contributed by atoms with Crippen LogP contribution in [0, 0.1) is 0 Å². The van der Waals surface area contributed by atoms with Crippen molar-refractivity contribution in [1.82, 2.24) is 9.80 Å². The van der Waals surface area contributed by atoms with E-state index in [-0.39, 0.29) is 62.6 Å². The normalized spacial score (nSPS) is 11.7. The largest absolute Gasteiger partial charge is 2.00 e. The van der Waals surface area contributed by atoms with Crippen molar-refractivity contribution in [2.24, 2.45) is 0 Å². The summed E-state index contributed by atoms with van der Waals surface area (Å²) in [6.45, 7) is 4.38. The third kappa shape index (κ3) is 49.6. The third-order valence-corrected chi connectivity index (χ3v) is 10.9. The third-order valence-electron chi connectivity index (χ3n) is 9.58. The molecule has 0 bridgehead atoms. The molecule has 13 heteroatoms. The van der Waals surface area contributed by atoms with Crippen molar-refractivity contribution < 1.29 is 35.5 Å².